The molecule has 0 bridgehead atoms. The van der Waals surface area contributed by atoms with Crippen LogP contribution in [0.25, 0.3) is 0 Å². The van der Waals surface area contributed by atoms with Crippen LogP contribution in [0.5, 0.6) is 0 Å². The predicted octanol–water partition coefficient (Wildman–Crippen LogP) is 3.95. The standard InChI is InChI=1S/C14H21BrN2/c1-10-4-5-12(13(15)6-10)14(2,3)11-7-16-9-17-8-11/h7-10,12-13H,4-6H2,1-3H3. The first-order chi connectivity index (χ1) is 8.01. The van der Waals surface area contributed by atoms with Crippen LogP contribution in [0.2, 0.25) is 0 Å². The summed E-state index contributed by atoms with van der Waals surface area (Å²) < 4.78 is 0. The van der Waals surface area contributed by atoms with Crippen LogP contribution in [0.3, 0.4) is 0 Å². The van der Waals surface area contributed by atoms with Gasteiger partial charge in [-0.1, -0.05) is 43.1 Å². The minimum absolute atomic E-state index is 0.148. The Hall–Kier alpha value is -0.440. The smallest absolute Gasteiger partial charge is 0.115 e. The van der Waals surface area contributed by atoms with Crippen molar-refractivity contribution in [1.29, 1.82) is 0 Å². The summed E-state index contributed by atoms with van der Waals surface area (Å²) in [4.78, 5) is 8.93. The summed E-state index contributed by atoms with van der Waals surface area (Å²) >= 11 is 3.89. The average molecular weight is 297 g/mol. The topological polar surface area (TPSA) is 25.8 Å². The van der Waals surface area contributed by atoms with E-state index < -0.39 is 0 Å². The maximum atomic E-state index is 4.16. The zero-order valence-corrected chi connectivity index (χ0v) is 12.4. The zero-order chi connectivity index (χ0) is 12.5. The summed E-state index contributed by atoms with van der Waals surface area (Å²) in [6, 6.07) is 0. The highest BCUT2D eigenvalue weighted by atomic mass is 79.9. The van der Waals surface area contributed by atoms with Crippen molar-refractivity contribution in [3.05, 3.63) is 24.3 Å². The molecule has 1 aromatic heterocycles. The molecule has 0 aromatic carbocycles. The van der Waals surface area contributed by atoms with Crippen molar-refractivity contribution in [2.24, 2.45) is 11.8 Å². The van der Waals surface area contributed by atoms with Gasteiger partial charge in [0, 0.05) is 17.2 Å². The first-order valence-electron chi connectivity index (χ1n) is 6.41. The summed E-state index contributed by atoms with van der Waals surface area (Å²) in [7, 11) is 0. The number of hydrogen-bond acceptors (Lipinski definition) is 2. The lowest BCUT2D eigenvalue weighted by Crippen LogP contribution is -2.38. The first kappa shape index (κ1) is 13.0. The lowest BCUT2D eigenvalue weighted by Gasteiger charge is -2.42. The molecule has 17 heavy (non-hydrogen) atoms. The van der Waals surface area contributed by atoms with Crippen molar-refractivity contribution in [3.63, 3.8) is 0 Å². The van der Waals surface area contributed by atoms with E-state index in [9.17, 15) is 0 Å². The van der Waals surface area contributed by atoms with Crippen molar-refractivity contribution in [3.8, 4) is 0 Å². The number of nitrogens with zero attached hydrogens (tertiary/aromatic N) is 2. The third kappa shape index (κ3) is 2.70. The Balaban J connectivity index is 2.21. The van der Waals surface area contributed by atoms with E-state index in [1.54, 1.807) is 6.33 Å². The van der Waals surface area contributed by atoms with Gasteiger partial charge in [-0.25, -0.2) is 9.97 Å². The second-order valence-corrected chi connectivity index (χ2v) is 7.07. The highest BCUT2D eigenvalue weighted by Gasteiger charge is 2.39. The lowest BCUT2D eigenvalue weighted by molar-refractivity contribution is 0.213. The molecule has 0 spiro atoms. The molecule has 0 N–H and O–H groups in total. The molecule has 1 aliphatic rings. The average Bonchev–Trinajstić information content (AvgIpc) is 2.29. The minimum Gasteiger partial charge on any atom is -0.245 e. The van der Waals surface area contributed by atoms with Crippen LogP contribution < -0.4 is 0 Å². The second-order valence-electron chi connectivity index (χ2n) is 5.89. The van der Waals surface area contributed by atoms with Gasteiger partial charge in [0.15, 0.2) is 0 Å². The molecule has 1 aromatic rings. The molecular weight excluding hydrogens is 276 g/mol. The number of aromatic nitrogens is 2. The highest BCUT2D eigenvalue weighted by Crippen LogP contribution is 2.44. The van der Waals surface area contributed by atoms with Crippen molar-refractivity contribution in [1.82, 2.24) is 9.97 Å². The van der Waals surface area contributed by atoms with Gasteiger partial charge in [-0.15, -0.1) is 0 Å². The number of alkyl halides is 1. The summed E-state index contributed by atoms with van der Waals surface area (Å²) in [5, 5.41) is 0. The fourth-order valence-electron chi connectivity index (χ4n) is 2.97. The molecule has 1 aliphatic carbocycles. The van der Waals surface area contributed by atoms with Crippen LogP contribution in [0, 0.1) is 11.8 Å². The molecule has 0 amide bonds. The van der Waals surface area contributed by atoms with Gasteiger partial charge in [-0.05, 0) is 35.7 Å². The lowest BCUT2D eigenvalue weighted by atomic mass is 9.66. The van der Waals surface area contributed by atoms with Crippen molar-refractivity contribution < 1.29 is 0 Å². The Morgan fingerprint density at radius 1 is 1.24 bits per heavy atom. The van der Waals surface area contributed by atoms with Gasteiger partial charge in [0.25, 0.3) is 0 Å². The SMILES string of the molecule is CC1CCC(C(C)(C)c2cncnc2)C(Br)C1. The maximum Gasteiger partial charge on any atom is 0.115 e. The fraction of sp³-hybridized carbons (Fsp3) is 0.714. The molecule has 2 nitrogen and oxygen atoms in total. The van der Waals surface area contributed by atoms with Crippen LogP contribution in [0.15, 0.2) is 18.7 Å². The van der Waals surface area contributed by atoms with E-state index >= 15 is 0 Å². The number of rotatable bonds is 2. The molecule has 2 rings (SSSR count). The summed E-state index contributed by atoms with van der Waals surface area (Å²) in [5.74, 6) is 1.52. The Labute approximate surface area is 112 Å². The predicted molar refractivity (Wildman–Crippen MR) is 74.3 cm³/mol. The van der Waals surface area contributed by atoms with E-state index in [1.807, 2.05) is 12.4 Å². The molecule has 3 atom stereocenters. The minimum atomic E-state index is 0.148. The summed E-state index contributed by atoms with van der Waals surface area (Å²) in [6.45, 7) is 6.99. The zero-order valence-electron chi connectivity index (χ0n) is 10.9. The van der Waals surface area contributed by atoms with Gasteiger partial charge in [-0.2, -0.15) is 0 Å². The highest BCUT2D eigenvalue weighted by molar-refractivity contribution is 9.09. The van der Waals surface area contributed by atoms with Crippen LogP contribution in [-0.4, -0.2) is 14.8 Å². The molecule has 3 unspecified atom stereocenters. The molecule has 1 fully saturated rings. The molecule has 1 saturated carbocycles. The van der Waals surface area contributed by atoms with Gasteiger partial charge in [0.1, 0.15) is 6.33 Å². The van der Waals surface area contributed by atoms with Gasteiger partial charge in [-0.3, -0.25) is 0 Å². The monoisotopic (exact) mass is 296 g/mol. The third-order valence-corrected chi connectivity index (χ3v) is 5.28. The van der Waals surface area contributed by atoms with Crippen LogP contribution in [0.1, 0.15) is 45.6 Å². The van der Waals surface area contributed by atoms with Crippen LogP contribution in [0.4, 0.5) is 0 Å². The third-order valence-electron chi connectivity index (χ3n) is 4.27. The number of hydrogen-bond donors (Lipinski definition) is 0. The first-order valence-corrected chi connectivity index (χ1v) is 7.33. The Kier molecular flexibility index (Phi) is 3.86. The van der Waals surface area contributed by atoms with Gasteiger partial charge in [0.05, 0.1) is 0 Å². The van der Waals surface area contributed by atoms with E-state index in [2.05, 4.69) is 46.7 Å². The molecule has 3 heteroatoms. The molecule has 0 aliphatic heterocycles. The molecular formula is C14H21BrN2. The van der Waals surface area contributed by atoms with Gasteiger partial charge in [0.2, 0.25) is 0 Å². The Morgan fingerprint density at radius 3 is 2.47 bits per heavy atom. The van der Waals surface area contributed by atoms with Gasteiger partial charge >= 0.3 is 0 Å². The van der Waals surface area contributed by atoms with Crippen molar-refractivity contribution in [2.75, 3.05) is 0 Å². The van der Waals surface area contributed by atoms with E-state index in [1.165, 1.54) is 24.8 Å². The molecule has 0 radical (unpaired) electrons. The van der Waals surface area contributed by atoms with E-state index in [0.29, 0.717) is 10.7 Å². The van der Waals surface area contributed by atoms with Crippen LogP contribution >= 0.6 is 15.9 Å². The fourth-order valence-corrected chi connectivity index (χ4v) is 4.53. The van der Waals surface area contributed by atoms with Crippen molar-refractivity contribution >= 4 is 15.9 Å². The maximum absolute atomic E-state index is 4.16. The largest absolute Gasteiger partial charge is 0.245 e. The quantitative estimate of drug-likeness (QED) is 0.772. The van der Waals surface area contributed by atoms with Crippen LogP contribution in [-0.2, 0) is 5.41 Å². The van der Waals surface area contributed by atoms with E-state index in [-0.39, 0.29) is 5.41 Å². The van der Waals surface area contributed by atoms with E-state index in [4.69, 9.17) is 0 Å². The Bertz CT molecular complexity index is 364. The normalized spacial score (nSPS) is 30.2. The second kappa shape index (κ2) is 5.05. The summed E-state index contributed by atoms with van der Waals surface area (Å²) in [5.41, 5.74) is 1.40. The van der Waals surface area contributed by atoms with Gasteiger partial charge < -0.3 is 0 Å². The summed E-state index contributed by atoms with van der Waals surface area (Å²) in [6.07, 6.45) is 9.44. The van der Waals surface area contributed by atoms with Crippen molar-refractivity contribution in [2.45, 2.75) is 50.3 Å². The van der Waals surface area contributed by atoms with E-state index in [0.717, 1.165) is 5.92 Å². The molecule has 0 saturated heterocycles. The number of halogens is 1. The Morgan fingerprint density at radius 2 is 1.88 bits per heavy atom. The molecule has 94 valence electrons. The molecule has 1 heterocycles.